The average Bonchev–Trinajstić information content (AvgIpc) is 2.46. The summed E-state index contributed by atoms with van der Waals surface area (Å²) >= 11 is 8.06. The Hall–Kier alpha value is -1.53. The van der Waals surface area contributed by atoms with Crippen molar-refractivity contribution in [2.75, 3.05) is 0 Å². The van der Waals surface area contributed by atoms with Crippen molar-refractivity contribution in [3.05, 3.63) is 67.5 Å². The van der Waals surface area contributed by atoms with Gasteiger partial charge in [-0.25, -0.2) is 0 Å². The first kappa shape index (κ1) is 13.5. The molecule has 0 amide bonds. The highest BCUT2D eigenvalue weighted by atomic mass is 127. The summed E-state index contributed by atoms with van der Waals surface area (Å²) in [5, 5.41) is 1.13. The van der Waals surface area contributed by atoms with Gasteiger partial charge >= 0.3 is 0 Å². The van der Waals surface area contributed by atoms with E-state index in [4.69, 9.17) is 16.3 Å². The molecular weight excluding hydrogens is 389 g/mol. The Kier molecular flexibility index (Phi) is 3.67. The van der Waals surface area contributed by atoms with E-state index in [0.717, 1.165) is 5.52 Å². The van der Waals surface area contributed by atoms with Crippen LogP contribution in [0.15, 0.2) is 53.5 Å². The SMILES string of the molecule is O=c1c(I)c[nH]c2ccc(Oc3ccccc3Cl)cc12. The molecule has 3 rings (SSSR count). The van der Waals surface area contributed by atoms with E-state index in [0.29, 0.717) is 25.5 Å². The number of aromatic nitrogens is 1. The number of halogens is 2. The van der Waals surface area contributed by atoms with Crippen molar-refractivity contribution in [3.63, 3.8) is 0 Å². The molecule has 0 aliphatic heterocycles. The molecule has 0 radical (unpaired) electrons. The molecule has 0 atom stereocenters. The molecule has 0 saturated heterocycles. The van der Waals surface area contributed by atoms with Crippen LogP contribution in [0.1, 0.15) is 0 Å². The summed E-state index contributed by atoms with van der Waals surface area (Å²) in [7, 11) is 0. The number of benzene rings is 2. The second-order valence-electron chi connectivity index (χ2n) is 4.21. The Morgan fingerprint density at radius 2 is 1.95 bits per heavy atom. The Morgan fingerprint density at radius 3 is 2.75 bits per heavy atom. The first-order valence-electron chi connectivity index (χ1n) is 5.88. The van der Waals surface area contributed by atoms with Gasteiger partial charge in [0.05, 0.1) is 14.0 Å². The lowest BCUT2D eigenvalue weighted by Gasteiger charge is -2.08. The first-order valence-corrected chi connectivity index (χ1v) is 7.34. The molecule has 1 N–H and O–H groups in total. The molecule has 3 aromatic rings. The molecule has 0 bridgehead atoms. The number of ether oxygens (including phenoxy) is 1. The summed E-state index contributed by atoms with van der Waals surface area (Å²) in [5.41, 5.74) is 0.769. The predicted molar refractivity (Wildman–Crippen MR) is 88.8 cm³/mol. The zero-order valence-electron chi connectivity index (χ0n) is 10.2. The smallest absolute Gasteiger partial charge is 0.202 e. The molecule has 0 saturated carbocycles. The average molecular weight is 398 g/mol. The molecule has 5 heteroatoms. The summed E-state index contributed by atoms with van der Waals surface area (Å²) in [6.07, 6.45) is 1.69. The van der Waals surface area contributed by atoms with Gasteiger partial charge in [0.1, 0.15) is 11.5 Å². The van der Waals surface area contributed by atoms with Crippen molar-refractivity contribution in [2.45, 2.75) is 0 Å². The van der Waals surface area contributed by atoms with Crippen LogP contribution in [-0.2, 0) is 0 Å². The maximum atomic E-state index is 12.1. The van der Waals surface area contributed by atoms with Gasteiger partial charge in [0.15, 0.2) is 0 Å². The van der Waals surface area contributed by atoms with Crippen LogP contribution in [0.25, 0.3) is 10.9 Å². The van der Waals surface area contributed by atoms with Crippen molar-refractivity contribution < 1.29 is 4.74 Å². The zero-order valence-corrected chi connectivity index (χ0v) is 13.1. The fourth-order valence-electron chi connectivity index (χ4n) is 1.89. The van der Waals surface area contributed by atoms with Crippen molar-refractivity contribution in [2.24, 2.45) is 0 Å². The monoisotopic (exact) mass is 397 g/mol. The number of hydrogen-bond donors (Lipinski definition) is 1. The van der Waals surface area contributed by atoms with Crippen LogP contribution in [0.5, 0.6) is 11.5 Å². The van der Waals surface area contributed by atoms with Gasteiger partial charge in [-0.2, -0.15) is 0 Å². The van der Waals surface area contributed by atoms with Gasteiger partial charge in [0, 0.05) is 11.7 Å². The Bertz CT molecular complexity index is 845. The van der Waals surface area contributed by atoms with Crippen LogP contribution in [0.2, 0.25) is 5.02 Å². The van der Waals surface area contributed by atoms with E-state index in [9.17, 15) is 4.79 Å². The summed E-state index contributed by atoms with van der Waals surface area (Å²) in [4.78, 5) is 15.2. The molecule has 1 aromatic heterocycles. The van der Waals surface area contributed by atoms with Gasteiger partial charge < -0.3 is 9.72 Å². The molecule has 0 spiro atoms. The van der Waals surface area contributed by atoms with Crippen molar-refractivity contribution in [1.82, 2.24) is 4.98 Å². The number of para-hydroxylation sites is 1. The third-order valence-corrected chi connectivity index (χ3v) is 3.98. The quantitative estimate of drug-likeness (QED) is 0.643. The number of fused-ring (bicyclic) bond motifs is 1. The molecule has 0 aliphatic carbocycles. The maximum Gasteiger partial charge on any atom is 0.202 e. The minimum absolute atomic E-state index is 0.0102. The summed E-state index contributed by atoms with van der Waals surface area (Å²) in [6.45, 7) is 0. The van der Waals surface area contributed by atoms with E-state index in [-0.39, 0.29) is 5.43 Å². The second-order valence-corrected chi connectivity index (χ2v) is 5.78. The molecule has 0 fully saturated rings. The number of hydrogen-bond acceptors (Lipinski definition) is 2. The van der Waals surface area contributed by atoms with Crippen LogP contribution in [0.3, 0.4) is 0 Å². The fourth-order valence-corrected chi connectivity index (χ4v) is 2.51. The Labute approximate surface area is 133 Å². The fraction of sp³-hybridized carbons (Fsp3) is 0. The molecule has 0 unspecified atom stereocenters. The van der Waals surface area contributed by atoms with Crippen LogP contribution in [0.4, 0.5) is 0 Å². The zero-order chi connectivity index (χ0) is 14.1. The lowest BCUT2D eigenvalue weighted by molar-refractivity contribution is 0.483. The van der Waals surface area contributed by atoms with E-state index in [1.165, 1.54) is 0 Å². The minimum Gasteiger partial charge on any atom is -0.456 e. The largest absolute Gasteiger partial charge is 0.456 e. The van der Waals surface area contributed by atoms with Gasteiger partial charge in [-0.1, -0.05) is 23.7 Å². The number of aromatic amines is 1. The van der Waals surface area contributed by atoms with Crippen LogP contribution >= 0.6 is 34.2 Å². The molecule has 2 aromatic carbocycles. The van der Waals surface area contributed by atoms with Gasteiger partial charge in [-0.15, -0.1) is 0 Å². The summed E-state index contributed by atoms with van der Waals surface area (Å²) in [5.74, 6) is 1.15. The Balaban J connectivity index is 2.07. The molecule has 3 nitrogen and oxygen atoms in total. The highest BCUT2D eigenvalue weighted by Crippen LogP contribution is 2.29. The number of nitrogens with one attached hydrogen (secondary N) is 1. The highest BCUT2D eigenvalue weighted by molar-refractivity contribution is 14.1. The van der Waals surface area contributed by atoms with Crippen molar-refractivity contribution in [3.8, 4) is 11.5 Å². The topological polar surface area (TPSA) is 42.1 Å². The second kappa shape index (κ2) is 5.46. The van der Waals surface area contributed by atoms with Gasteiger partial charge in [0.2, 0.25) is 5.43 Å². The molecule has 0 aliphatic rings. The minimum atomic E-state index is -0.0102. The molecule has 20 heavy (non-hydrogen) atoms. The number of pyridine rings is 1. The van der Waals surface area contributed by atoms with Gasteiger partial charge in [0.25, 0.3) is 0 Å². The predicted octanol–water partition coefficient (Wildman–Crippen LogP) is 4.58. The Morgan fingerprint density at radius 1 is 1.15 bits per heavy atom. The third-order valence-electron chi connectivity index (χ3n) is 2.87. The standard InChI is InChI=1S/C15H9ClINO2/c16-11-3-1-2-4-14(11)20-9-5-6-13-10(7-9)15(19)12(17)8-18-13/h1-8H,(H,18,19). The van der Waals surface area contributed by atoms with Crippen molar-refractivity contribution in [1.29, 1.82) is 0 Å². The summed E-state index contributed by atoms with van der Waals surface area (Å²) in [6, 6.07) is 12.6. The van der Waals surface area contributed by atoms with E-state index in [1.54, 1.807) is 30.5 Å². The highest BCUT2D eigenvalue weighted by Gasteiger charge is 2.06. The van der Waals surface area contributed by atoms with E-state index in [1.807, 2.05) is 40.8 Å². The first-order chi connectivity index (χ1) is 9.65. The molecule has 100 valence electrons. The summed E-state index contributed by atoms with van der Waals surface area (Å²) < 4.78 is 6.37. The van der Waals surface area contributed by atoms with Gasteiger partial charge in [-0.05, 0) is 52.9 Å². The van der Waals surface area contributed by atoms with Crippen LogP contribution in [0, 0.1) is 3.57 Å². The molecular formula is C15H9ClINO2. The van der Waals surface area contributed by atoms with Crippen LogP contribution in [-0.4, -0.2) is 4.98 Å². The van der Waals surface area contributed by atoms with E-state index >= 15 is 0 Å². The van der Waals surface area contributed by atoms with Gasteiger partial charge in [-0.3, -0.25) is 4.79 Å². The van der Waals surface area contributed by atoms with E-state index < -0.39 is 0 Å². The van der Waals surface area contributed by atoms with Crippen molar-refractivity contribution >= 4 is 45.1 Å². The van der Waals surface area contributed by atoms with E-state index in [2.05, 4.69) is 4.98 Å². The number of H-pyrrole nitrogens is 1. The lowest BCUT2D eigenvalue weighted by Crippen LogP contribution is -2.06. The lowest BCUT2D eigenvalue weighted by atomic mass is 10.2. The van der Waals surface area contributed by atoms with Crippen LogP contribution < -0.4 is 10.2 Å². The number of rotatable bonds is 2. The third kappa shape index (κ3) is 2.53. The normalized spacial score (nSPS) is 10.7. The maximum absolute atomic E-state index is 12.1. The molecule has 1 heterocycles.